The molecule has 1 aromatic heterocycles. The predicted octanol–water partition coefficient (Wildman–Crippen LogP) is 2.15. The highest BCUT2D eigenvalue weighted by molar-refractivity contribution is 5.85. The lowest BCUT2D eigenvalue weighted by Crippen LogP contribution is -2.16. The van der Waals surface area contributed by atoms with Crippen LogP contribution in [0.5, 0.6) is 0 Å². The van der Waals surface area contributed by atoms with Gasteiger partial charge in [0.15, 0.2) is 0 Å². The van der Waals surface area contributed by atoms with Crippen LogP contribution in [0.1, 0.15) is 16.7 Å². The number of carbonyl (C=O) groups is 1. The summed E-state index contributed by atoms with van der Waals surface area (Å²) in [5.74, 6) is -0.936. The summed E-state index contributed by atoms with van der Waals surface area (Å²) in [7, 11) is 3.95. The SMILES string of the molecule is CN(Cc1cccc(C=CC(=O)O)c1)Cc1cnn(C)c1. The van der Waals surface area contributed by atoms with E-state index in [9.17, 15) is 4.79 Å². The number of aliphatic carboxylic acids is 1. The van der Waals surface area contributed by atoms with E-state index in [2.05, 4.69) is 10.00 Å². The molecule has 0 saturated carbocycles. The zero-order chi connectivity index (χ0) is 15.2. The fraction of sp³-hybridized carbons (Fsp3) is 0.250. The number of hydrogen-bond donors (Lipinski definition) is 1. The lowest BCUT2D eigenvalue weighted by Gasteiger charge is -2.16. The molecule has 1 aromatic carbocycles. The Balaban J connectivity index is 1.98. The Labute approximate surface area is 124 Å². The van der Waals surface area contributed by atoms with Crippen molar-refractivity contribution in [2.24, 2.45) is 7.05 Å². The Hall–Kier alpha value is -2.40. The predicted molar refractivity (Wildman–Crippen MR) is 81.5 cm³/mol. The van der Waals surface area contributed by atoms with Gasteiger partial charge in [0.25, 0.3) is 0 Å². The third-order valence-corrected chi connectivity index (χ3v) is 3.03. The molecule has 2 aromatic rings. The summed E-state index contributed by atoms with van der Waals surface area (Å²) < 4.78 is 1.79. The Morgan fingerprint density at radius 3 is 2.81 bits per heavy atom. The van der Waals surface area contributed by atoms with Gasteiger partial charge in [0.2, 0.25) is 0 Å². The van der Waals surface area contributed by atoms with Crippen LogP contribution in [0.25, 0.3) is 6.08 Å². The van der Waals surface area contributed by atoms with E-state index in [0.29, 0.717) is 0 Å². The van der Waals surface area contributed by atoms with Gasteiger partial charge in [-0.2, -0.15) is 5.10 Å². The fourth-order valence-electron chi connectivity index (χ4n) is 2.20. The number of benzene rings is 1. The molecule has 2 rings (SSSR count). The Morgan fingerprint density at radius 2 is 2.14 bits per heavy atom. The first-order valence-electron chi connectivity index (χ1n) is 6.69. The third kappa shape index (κ3) is 4.89. The van der Waals surface area contributed by atoms with E-state index in [1.807, 2.05) is 50.8 Å². The molecule has 5 heteroatoms. The summed E-state index contributed by atoms with van der Waals surface area (Å²) in [6, 6.07) is 7.87. The molecule has 5 nitrogen and oxygen atoms in total. The van der Waals surface area contributed by atoms with Crippen molar-refractivity contribution in [2.45, 2.75) is 13.1 Å². The number of aryl methyl sites for hydroxylation is 1. The number of hydrogen-bond acceptors (Lipinski definition) is 3. The Morgan fingerprint density at radius 1 is 1.38 bits per heavy atom. The first-order valence-corrected chi connectivity index (χ1v) is 6.69. The summed E-state index contributed by atoms with van der Waals surface area (Å²) in [4.78, 5) is 12.7. The van der Waals surface area contributed by atoms with Crippen molar-refractivity contribution in [1.82, 2.24) is 14.7 Å². The van der Waals surface area contributed by atoms with Gasteiger partial charge < -0.3 is 5.11 Å². The van der Waals surface area contributed by atoms with Gasteiger partial charge in [0, 0.05) is 38.0 Å². The molecule has 0 atom stereocenters. The maximum Gasteiger partial charge on any atom is 0.328 e. The second-order valence-corrected chi connectivity index (χ2v) is 5.11. The maximum atomic E-state index is 10.5. The lowest BCUT2D eigenvalue weighted by atomic mass is 10.1. The number of rotatable bonds is 6. The third-order valence-electron chi connectivity index (χ3n) is 3.03. The van der Waals surface area contributed by atoms with Gasteiger partial charge in [-0.25, -0.2) is 4.79 Å². The smallest absolute Gasteiger partial charge is 0.328 e. The van der Waals surface area contributed by atoms with Crippen LogP contribution in [0.4, 0.5) is 0 Å². The molecule has 0 saturated heterocycles. The van der Waals surface area contributed by atoms with Crippen LogP contribution in [0, 0.1) is 0 Å². The van der Waals surface area contributed by atoms with E-state index >= 15 is 0 Å². The van der Waals surface area contributed by atoms with E-state index in [0.717, 1.165) is 30.3 Å². The molecule has 0 bridgehead atoms. The Kier molecular flexibility index (Phi) is 4.90. The standard InChI is InChI=1S/C16H19N3O2/c1-18(11-15-9-17-19(2)12-15)10-14-5-3-4-13(8-14)6-7-16(20)21/h3-9,12H,10-11H2,1-2H3,(H,20,21). The quantitative estimate of drug-likeness (QED) is 0.826. The van der Waals surface area contributed by atoms with Gasteiger partial charge in [-0.15, -0.1) is 0 Å². The van der Waals surface area contributed by atoms with E-state index < -0.39 is 5.97 Å². The van der Waals surface area contributed by atoms with Crippen LogP contribution in [-0.4, -0.2) is 32.8 Å². The van der Waals surface area contributed by atoms with Crippen LogP contribution in [0.3, 0.4) is 0 Å². The van der Waals surface area contributed by atoms with Gasteiger partial charge in [-0.1, -0.05) is 24.3 Å². The molecule has 0 aliphatic heterocycles. The molecule has 110 valence electrons. The summed E-state index contributed by atoms with van der Waals surface area (Å²) in [6.45, 7) is 1.62. The van der Waals surface area contributed by atoms with Crippen molar-refractivity contribution in [1.29, 1.82) is 0 Å². The Bertz CT molecular complexity index is 646. The monoisotopic (exact) mass is 285 g/mol. The second-order valence-electron chi connectivity index (χ2n) is 5.11. The lowest BCUT2D eigenvalue weighted by molar-refractivity contribution is -0.131. The minimum Gasteiger partial charge on any atom is -0.478 e. The molecule has 1 N–H and O–H groups in total. The molecule has 0 amide bonds. The second kappa shape index (κ2) is 6.85. The highest BCUT2D eigenvalue weighted by Gasteiger charge is 2.04. The largest absolute Gasteiger partial charge is 0.478 e. The van der Waals surface area contributed by atoms with Crippen LogP contribution in [0.2, 0.25) is 0 Å². The molecule has 0 fully saturated rings. The number of aromatic nitrogens is 2. The molecule has 21 heavy (non-hydrogen) atoms. The molecule has 0 spiro atoms. The van der Waals surface area contributed by atoms with Crippen molar-refractivity contribution in [2.75, 3.05) is 7.05 Å². The summed E-state index contributed by atoms with van der Waals surface area (Å²) in [6.07, 6.45) is 6.62. The summed E-state index contributed by atoms with van der Waals surface area (Å²) in [5.41, 5.74) is 3.21. The molecular weight excluding hydrogens is 266 g/mol. The van der Waals surface area contributed by atoms with E-state index in [1.165, 1.54) is 5.56 Å². The molecule has 1 heterocycles. The topological polar surface area (TPSA) is 58.4 Å². The highest BCUT2D eigenvalue weighted by atomic mass is 16.4. The van der Waals surface area contributed by atoms with Gasteiger partial charge in [-0.05, 0) is 24.3 Å². The van der Waals surface area contributed by atoms with Crippen molar-refractivity contribution in [3.63, 3.8) is 0 Å². The van der Waals surface area contributed by atoms with Gasteiger partial charge in [0.1, 0.15) is 0 Å². The van der Waals surface area contributed by atoms with Gasteiger partial charge >= 0.3 is 5.97 Å². The minimum atomic E-state index is -0.936. The van der Waals surface area contributed by atoms with Crippen molar-refractivity contribution >= 4 is 12.0 Å². The van der Waals surface area contributed by atoms with E-state index in [4.69, 9.17) is 5.11 Å². The summed E-state index contributed by atoms with van der Waals surface area (Å²) >= 11 is 0. The maximum absolute atomic E-state index is 10.5. The number of carboxylic acids is 1. The average Bonchev–Trinajstić information content (AvgIpc) is 2.82. The van der Waals surface area contributed by atoms with Gasteiger partial charge in [-0.3, -0.25) is 9.58 Å². The zero-order valence-corrected chi connectivity index (χ0v) is 12.2. The van der Waals surface area contributed by atoms with Gasteiger partial charge in [0.05, 0.1) is 6.20 Å². The fourth-order valence-corrected chi connectivity index (χ4v) is 2.20. The van der Waals surface area contributed by atoms with Crippen LogP contribution in [0.15, 0.2) is 42.7 Å². The molecule has 0 radical (unpaired) electrons. The van der Waals surface area contributed by atoms with E-state index in [-0.39, 0.29) is 0 Å². The van der Waals surface area contributed by atoms with Crippen molar-refractivity contribution in [3.8, 4) is 0 Å². The molecule has 0 unspecified atom stereocenters. The molecular formula is C16H19N3O2. The first-order chi connectivity index (χ1) is 10.0. The normalized spacial score (nSPS) is 11.4. The number of nitrogens with zero attached hydrogens (tertiary/aromatic N) is 3. The average molecular weight is 285 g/mol. The van der Waals surface area contributed by atoms with Crippen LogP contribution >= 0.6 is 0 Å². The minimum absolute atomic E-state index is 0.795. The molecule has 0 aliphatic carbocycles. The van der Waals surface area contributed by atoms with Crippen molar-refractivity contribution in [3.05, 3.63) is 59.4 Å². The zero-order valence-electron chi connectivity index (χ0n) is 12.2. The summed E-state index contributed by atoms with van der Waals surface area (Å²) in [5, 5.41) is 12.8. The number of carboxylic acid groups (broad SMARTS) is 1. The van der Waals surface area contributed by atoms with Crippen LogP contribution < -0.4 is 0 Å². The first kappa shape index (κ1) is 15.0. The molecule has 0 aliphatic rings. The van der Waals surface area contributed by atoms with Crippen LogP contribution in [-0.2, 0) is 24.9 Å². The van der Waals surface area contributed by atoms with Crippen molar-refractivity contribution < 1.29 is 9.90 Å². The van der Waals surface area contributed by atoms with E-state index in [1.54, 1.807) is 10.8 Å². The highest BCUT2D eigenvalue weighted by Crippen LogP contribution is 2.11.